The van der Waals surface area contributed by atoms with Crippen molar-refractivity contribution in [1.29, 1.82) is 0 Å². The molecule has 0 bridgehead atoms. The summed E-state index contributed by atoms with van der Waals surface area (Å²) in [5, 5.41) is 10.2. The third-order valence-electron chi connectivity index (χ3n) is 8.58. The molecular weight excluding hydrogens is 459 g/mol. The monoisotopic (exact) mass is 500 g/mol. The number of nitrogens with two attached hydrogens (primary N) is 1. The molecule has 2 heterocycles. The van der Waals surface area contributed by atoms with E-state index in [2.05, 4.69) is 9.88 Å². The molecule has 1 atom stereocenters. The molecule has 1 aliphatic heterocycles. The molecule has 8 heteroatoms. The Morgan fingerprint density at radius 1 is 1.31 bits per heavy atom. The molecule has 198 valence electrons. The molecule has 1 saturated carbocycles. The summed E-state index contributed by atoms with van der Waals surface area (Å²) in [4.78, 5) is 19.7. The highest BCUT2D eigenvalue weighted by atomic mass is 19.1. The van der Waals surface area contributed by atoms with Gasteiger partial charge in [-0.1, -0.05) is 32.1 Å². The predicted octanol–water partition coefficient (Wildman–Crippen LogP) is 5.05. The maximum absolute atomic E-state index is 15.9. The summed E-state index contributed by atoms with van der Waals surface area (Å²) in [6.45, 7) is 2.81. The Morgan fingerprint density at radius 3 is 2.72 bits per heavy atom. The van der Waals surface area contributed by atoms with E-state index in [0.717, 1.165) is 25.6 Å². The third-order valence-corrected chi connectivity index (χ3v) is 8.58. The number of pyridine rings is 1. The average Bonchev–Trinajstić information content (AvgIpc) is 2.94. The number of carbonyl (C=O) groups is 1. The highest BCUT2D eigenvalue weighted by Gasteiger charge is 2.41. The van der Waals surface area contributed by atoms with Gasteiger partial charge in [-0.25, -0.2) is 9.87 Å². The molecule has 0 unspecified atom stereocenters. The number of benzene rings is 1. The summed E-state index contributed by atoms with van der Waals surface area (Å²) in [7, 11) is 1.58. The maximum Gasteiger partial charge on any atom is 0.249 e. The second-order valence-electron chi connectivity index (χ2n) is 10.6. The number of carbonyl (C=O) groups excluding carboxylic acids is 1. The van der Waals surface area contributed by atoms with E-state index in [9.17, 15) is 10.0 Å². The van der Waals surface area contributed by atoms with Crippen LogP contribution in [0.5, 0.6) is 5.75 Å². The second kappa shape index (κ2) is 12.3. The fourth-order valence-corrected chi connectivity index (χ4v) is 6.20. The fourth-order valence-electron chi connectivity index (χ4n) is 6.20. The number of methoxy groups -OCH3 is 1. The average molecular weight is 501 g/mol. The van der Waals surface area contributed by atoms with Crippen LogP contribution in [0, 0.1) is 11.3 Å². The number of aromatic nitrogens is 1. The highest BCUT2D eigenvalue weighted by molar-refractivity contribution is 5.85. The minimum absolute atomic E-state index is 0.165. The molecule has 1 aliphatic carbocycles. The van der Waals surface area contributed by atoms with E-state index in [1.807, 2.05) is 11.5 Å². The standard InChI is InChI=1S/C28H41FN4O3/c1-36-22-7-8-25-23(17-22)26(21(18-30)19-31-25)24(29)9-11-28(27(34)32-35)12-15-33(16-13-28)14-10-20-5-3-2-4-6-20/h7-8,17,19-20,24,35H,2-6,9-16,18,30H2,1H3,(H,32,34)/t24-/m1/s1. The molecule has 1 amide bonds. The number of alkyl halides is 1. The van der Waals surface area contributed by atoms with E-state index in [1.54, 1.807) is 25.4 Å². The molecule has 0 radical (unpaired) electrons. The van der Waals surface area contributed by atoms with Crippen LogP contribution in [-0.4, -0.2) is 47.7 Å². The molecule has 0 spiro atoms. The van der Waals surface area contributed by atoms with Gasteiger partial charge in [0.2, 0.25) is 5.91 Å². The molecule has 7 nitrogen and oxygen atoms in total. The molecule has 2 aromatic rings. The van der Waals surface area contributed by atoms with Crippen molar-refractivity contribution in [3.05, 3.63) is 35.5 Å². The van der Waals surface area contributed by atoms with Crippen LogP contribution in [0.1, 0.15) is 81.5 Å². The smallest absolute Gasteiger partial charge is 0.249 e. The van der Waals surface area contributed by atoms with Crippen LogP contribution in [0.3, 0.4) is 0 Å². The lowest BCUT2D eigenvalue weighted by molar-refractivity contribution is -0.143. The normalized spacial score (nSPS) is 19.8. The van der Waals surface area contributed by atoms with Gasteiger partial charge in [-0.2, -0.15) is 0 Å². The maximum atomic E-state index is 15.9. The summed E-state index contributed by atoms with van der Waals surface area (Å²) in [6, 6.07) is 5.41. The number of fused-ring (bicyclic) bond motifs is 1. The predicted molar refractivity (Wildman–Crippen MR) is 138 cm³/mol. The number of rotatable bonds is 10. The van der Waals surface area contributed by atoms with E-state index < -0.39 is 17.5 Å². The van der Waals surface area contributed by atoms with Crippen LogP contribution >= 0.6 is 0 Å². The quantitative estimate of drug-likeness (QED) is 0.312. The van der Waals surface area contributed by atoms with Crippen LogP contribution in [0.15, 0.2) is 24.4 Å². The van der Waals surface area contributed by atoms with Crippen LogP contribution in [0.25, 0.3) is 10.9 Å². The first-order chi connectivity index (χ1) is 17.5. The molecule has 4 N–H and O–H groups in total. The Bertz CT molecular complexity index is 1010. The lowest BCUT2D eigenvalue weighted by atomic mass is 9.73. The molecular formula is C28H41FN4O3. The van der Waals surface area contributed by atoms with Crippen molar-refractivity contribution in [2.45, 2.75) is 76.9 Å². The van der Waals surface area contributed by atoms with Gasteiger partial charge in [0.25, 0.3) is 0 Å². The lowest BCUT2D eigenvalue weighted by Gasteiger charge is -2.41. The van der Waals surface area contributed by atoms with Crippen LogP contribution < -0.4 is 16.0 Å². The highest BCUT2D eigenvalue weighted by Crippen LogP contribution is 2.41. The number of piperidine rings is 1. The summed E-state index contributed by atoms with van der Waals surface area (Å²) in [6.07, 6.45) is 10.0. The Labute approximate surface area is 213 Å². The molecule has 1 aromatic carbocycles. The number of nitrogens with zero attached hydrogens (tertiary/aromatic N) is 2. The van der Waals surface area contributed by atoms with Gasteiger partial charge in [0.15, 0.2) is 0 Å². The summed E-state index contributed by atoms with van der Waals surface area (Å²) in [5.74, 6) is 1.05. The molecule has 1 saturated heterocycles. The van der Waals surface area contributed by atoms with Crippen LogP contribution in [0.2, 0.25) is 0 Å². The number of hydrogen-bond acceptors (Lipinski definition) is 6. The van der Waals surface area contributed by atoms with Gasteiger partial charge >= 0.3 is 0 Å². The number of hydroxylamine groups is 1. The van der Waals surface area contributed by atoms with E-state index in [1.165, 1.54) is 38.5 Å². The van der Waals surface area contributed by atoms with Gasteiger partial charge in [0.1, 0.15) is 11.9 Å². The number of amides is 1. The van der Waals surface area contributed by atoms with Crippen molar-refractivity contribution in [1.82, 2.24) is 15.4 Å². The zero-order chi connectivity index (χ0) is 25.5. The van der Waals surface area contributed by atoms with E-state index >= 15 is 4.39 Å². The SMILES string of the molecule is COc1ccc2ncc(CN)c([C@H](F)CCC3(C(=O)NO)CCN(CCC4CCCCC4)CC3)c2c1. The fraction of sp³-hybridized carbons (Fsp3) is 0.643. The first kappa shape index (κ1) is 26.8. The topological polar surface area (TPSA) is 101 Å². The van der Waals surface area contributed by atoms with Crippen molar-refractivity contribution in [3.8, 4) is 5.75 Å². The zero-order valence-corrected chi connectivity index (χ0v) is 21.5. The van der Waals surface area contributed by atoms with Crippen LogP contribution in [0.4, 0.5) is 4.39 Å². The van der Waals surface area contributed by atoms with E-state index in [0.29, 0.717) is 47.0 Å². The number of halogens is 1. The number of likely N-dealkylation sites (tertiary alicyclic amines) is 1. The molecule has 1 aromatic heterocycles. The van der Waals surface area contributed by atoms with Crippen molar-refractivity contribution in [2.75, 3.05) is 26.7 Å². The Morgan fingerprint density at radius 2 is 2.06 bits per heavy atom. The Balaban J connectivity index is 1.44. The molecule has 2 aliphatic rings. The summed E-state index contributed by atoms with van der Waals surface area (Å²) >= 11 is 0. The van der Waals surface area contributed by atoms with Gasteiger partial charge in [0, 0.05) is 23.7 Å². The second-order valence-corrected chi connectivity index (χ2v) is 10.6. The van der Waals surface area contributed by atoms with E-state index in [4.69, 9.17) is 10.5 Å². The molecule has 2 fully saturated rings. The third kappa shape index (κ3) is 5.98. The van der Waals surface area contributed by atoms with Gasteiger partial charge in [-0.3, -0.25) is 15.0 Å². The van der Waals surface area contributed by atoms with E-state index in [-0.39, 0.29) is 13.0 Å². The minimum atomic E-state index is -1.31. The number of nitrogens with one attached hydrogen (secondary N) is 1. The molecule has 36 heavy (non-hydrogen) atoms. The Kier molecular flexibility index (Phi) is 9.14. The van der Waals surface area contributed by atoms with Gasteiger partial charge in [-0.05, 0) is 81.4 Å². The first-order valence-electron chi connectivity index (χ1n) is 13.5. The first-order valence-corrected chi connectivity index (χ1v) is 13.5. The molecule has 4 rings (SSSR count). The largest absolute Gasteiger partial charge is 0.497 e. The minimum Gasteiger partial charge on any atom is -0.497 e. The summed E-state index contributed by atoms with van der Waals surface area (Å²) in [5.41, 5.74) is 8.90. The van der Waals surface area contributed by atoms with Crippen molar-refractivity contribution >= 4 is 16.8 Å². The van der Waals surface area contributed by atoms with Crippen LogP contribution in [-0.2, 0) is 11.3 Å². The van der Waals surface area contributed by atoms with Crippen molar-refractivity contribution < 1.29 is 19.1 Å². The van der Waals surface area contributed by atoms with Gasteiger partial charge < -0.3 is 15.4 Å². The zero-order valence-electron chi connectivity index (χ0n) is 21.5. The lowest BCUT2D eigenvalue weighted by Crippen LogP contribution is -2.48. The number of ether oxygens (including phenoxy) is 1. The van der Waals surface area contributed by atoms with Gasteiger partial charge in [0.05, 0.1) is 18.0 Å². The number of hydrogen-bond donors (Lipinski definition) is 3. The van der Waals surface area contributed by atoms with Crippen molar-refractivity contribution in [3.63, 3.8) is 0 Å². The van der Waals surface area contributed by atoms with Crippen molar-refractivity contribution in [2.24, 2.45) is 17.1 Å². The summed E-state index contributed by atoms with van der Waals surface area (Å²) < 4.78 is 21.3. The van der Waals surface area contributed by atoms with Gasteiger partial charge in [-0.15, -0.1) is 0 Å². The Hall–Kier alpha value is -2.29.